The molecule has 0 radical (unpaired) electrons. The third kappa shape index (κ3) is 5.83. The second-order valence-corrected chi connectivity index (χ2v) is 4.27. The summed E-state index contributed by atoms with van der Waals surface area (Å²) in [5.74, 6) is -0.389. The number of ether oxygens (including phenoxy) is 1. The lowest BCUT2D eigenvalue weighted by molar-refractivity contribution is -0.119. The zero-order chi connectivity index (χ0) is 14.3. The van der Waals surface area contributed by atoms with Gasteiger partial charge < -0.3 is 15.4 Å². The quantitative estimate of drug-likeness (QED) is 0.799. The first-order valence-corrected chi connectivity index (χ1v) is 5.86. The summed E-state index contributed by atoms with van der Waals surface area (Å²) in [6, 6.07) is 6.87. The van der Waals surface area contributed by atoms with E-state index in [0.29, 0.717) is 11.4 Å². The summed E-state index contributed by atoms with van der Waals surface area (Å²) in [6.07, 6.45) is 1.52. The third-order valence-corrected chi connectivity index (χ3v) is 2.13. The summed E-state index contributed by atoms with van der Waals surface area (Å²) in [5.41, 5.74) is 2.26. The summed E-state index contributed by atoms with van der Waals surface area (Å²) in [5, 5.41) is 5.39. The van der Waals surface area contributed by atoms with Crippen LogP contribution in [0.4, 0.5) is 11.4 Å². The molecule has 0 saturated heterocycles. The molecule has 0 aromatic heterocycles. The lowest BCUT2D eigenvalue weighted by atomic mass is 10.2. The normalized spacial score (nSPS) is 9.63. The van der Waals surface area contributed by atoms with Crippen LogP contribution >= 0.6 is 0 Å². The summed E-state index contributed by atoms with van der Waals surface area (Å²) in [6.45, 7) is 3.72. The second kappa shape index (κ2) is 7.33. The summed E-state index contributed by atoms with van der Waals surface area (Å²) in [7, 11) is 1.46. The van der Waals surface area contributed by atoms with E-state index in [0.717, 1.165) is 5.57 Å². The van der Waals surface area contributed by atoms with Gasteiger partial charge in [-0.05, 0) is 38.1 Å². The standard InChI is InChI=1S/C14H18N2O3/c1-10(2)8-13(17)15-11-4-6-12(7-5-11)16-14(18)9-19-3/h4-8H,9H2,1-3H3,(H,15,17)(H,16,18). The number of nitrogens with one attached hydrogen (secondary N) is 2. The van der Waals surface area contributed by atoms with E-state index < -0.39 is 0 Å². The molecule has 19 heavy (non-hydrogen) atoms. The first-order chi connectivity index (χ1) is 9.01. The molecule has 5 heteroatoms. The fourth-order valence-electron chi connectivity index (χ4n) is 1.41. The first kappa shape index (κ1) is 14.9. The SMILES string of the molecule is COCC(=O)Nc1ccc(NC(=O)C=C(C)C)cc1. The van der Waals surface area contributed by atoms with Crippen molar-refractivity contribution in [3.8, 4) is 0 Å². The van der Waals surface area contributed by atoms with E-state index in [1.54, 1.807) is 24.3 Å². The Balaban J connectivity index is 2.59. The molecule has 2 N–H and O–H groups in total. The molecule has 2 amide bonds. The maximum Gasteiger partial charge on any atom is 0.250 e. The van der Waals surface area contributed by atoms with Crippen LogP contribution in [-0.4, -0.2) is 25.5 Å². The average molecular weight is 262 g/mol. The van der Waals surface area contributed by atoms with Crippen LogP contribution in [0, 0.1) is 0 Å². The van der Waals surface area contributed by atoms with E-state index in [-0.39, 0.29) is 18.4 Å². The highest BCUT2D eigenvalue weighted by atomic mass is 16.5. The van der Waals surface area contributed by atoms with Gasteiger partial charge in [0, 0.05) is 24.6 Å². The molecule has 0 heterocycles. The Morgan fingerprint density at radius 1 is 1.11 bits per heavy atom. The number of methoxy groups -OCH3 is 1. The molecule has 1 rings (SSSR count). The van der Waals surface area contributed by atoms with Crippen molar-refractivity contribution in [3.63, 3.8) is 0 Å². The van der Waals surface area contributed by atoms with Crippen molar-refractivity contribution < 1.29 is 14.3 Å². The lowest BCUT2D eigenvalue weighted by Crippen LogP contribution is -2.17. The third-order valence-electron chi connectivity index (χ3n) is 2.13. The number of benzene rings is 1. The van der Waals surface area contributed by atoms with Gasteiger partial charge in [-0.15, -0.1) is 0 Å². The zero-order valence-electron chi connectivity index (χ0n) is 11.3. The van der Waals surface area contributed by atoms with Crippen LogP contribution in [0.15, 0.2) is 35.9 Å². The molecule has 0 aliphatic rings. The van der Waals surface area contributed by atoms with Gasteiger partial charge in [0.15, 0.2) is 0 Å². The number of carbonyl (C=O) groups is 2. The number of carbonyl (C=O) groups excluding carboxylic acids is 2. The number of hydrogen-bond donors (Lipinski definition) is 2. The molecule has 0 bridgehead atoms. The Bertz CT molecular complexity index is 474. The highest BCUT2D eigenvalue weighted by molar-refractivity contribution is 6.00. The zero-order valence-corrected chi connectivity index (χ0v) is 11.3. The van der Waals surface area contributed by atoms with Crippen LogP contribution in [0.25, 0.3) is 0 Å². The Kier molecular flexibility index (Phi) is 5.75. The van der Waals surface area contributed by atoms with Crippen LogP contribution in [0.5, 0.6) is 0 Å². The minimum absolute atomic E-state index is 0.0130. The van der Waals surface area contributed by atoms with Gasteiger partial charge in [0.2, 0.25) is 11.8 Å². The number of hydrogen-bond acceptors (Lipinski definition) is 3. The highest BCUT2D eigenvalue weighted by Crippen LogP contribution is 2.13. The van der Waals surface area contributed by atoms with Crippen molar-refractivity contribution >= 4 is 23.2 Å². The first-order valence-electron chi connectivity index (χ1n) is 5.86. The number of anilines is 2. The molecule has 0 aliphatic heterocycles. The van der Waals surface area contributed by atoms with Crippen LogP contribution in [0.3, 0.4) is 0 Å². The number of allylic oxidation sites excluding steroid dienone is 1. The van der Waals surface area contributed by atoms with E-state index in [9.17, 15) is 9.59 Å². The molecular weight excluding hydrogens is 244 g/mol. The number of amides is 2. The van der Waals surface area contributed by atoms with Gasteiger partial charge >= 0.3 is 0 Å². The fourth-order valence-corrected chi connectivity index (χ4v) is 1.41. The van der Waals surface area contributed by atoms with Crippen molar-refractivity contribution in [2.75, 3.05) is 24.4 Å². The Morgan fingerprint density at radius 3 is 2.11 bits per heavy atom. The smallest absolute Gasteiger partial charge is 0.250 e. The summed E-state index contributed by atoms with van der Waals surface area (Å²) < 4.78 is 4.71. The molecule has 102 valence electrons. The maximum atomic E-state index is 11.5. The van der Waals surface area contributed by atoms with Crippen molar-refractivity contribution in [1.29, 1.82) is 0 Å². The van der Waals surface area contributed by atoms with Crippen molar-refractivity contribution in [1.82, 2.24) is 0 Å². The molecule has 0 saturated carbocycles. The Morgan fingerprint density at radius 2 is 1.63 bits per heavy atom. The summed E-state index contributed by atoms with van der Waals surface area (Å²) >= 11 is 0. The largest absolute Gasteiger partial charge is 0.375 e. The van der Waals surface area contributed by atoms with E-state index in [1.807, 2.05) is 13.8 Å². The van der Waals surface area contributed by atoms with Crippen LogP contribution in [0.2, 0.25) is 0 Å². The predicted molar refractivity (Wildman–Crippen MR) is 75.0 cm³/mol. The van der Waals surface area contributed by atoms with E-state index in [1.165, 1.54) is 13.2 Å². The molecule has 1 aromatic carbocycles. The van der Waals surface area contributed by atoms with Gasteiger partial charge in [0.25, 0.3) is 0 Å². The van der Waals surface area contributed by atoms with Crippen molar-refractivity contribution in [3.05, 3.63) is 35.9 Å². The van der Waals surface area contributed by atoms with E-state index >= 15 is 0 Å². The molecule has 0 aliphatic carbocycles. The fraction of sp³-hybridized carbons (Fsp3) is 0.286. The monoisotopic (exact) mass is 262 g/mol. The minimum atomic E-state index is -0.219. The molecule has 0 fully saturated rings. The molecular formula is C14H18N2O3. The van der Waals surface area contributed by atoms with E-state index in [2.05, 4.69) is 10.6 Å². The Hall–Kier alpha value is -2.14. The second-order valence-electron chi connectivity index (χ2n) is 4.27. The van der Waals surface area contributed by atoms with Crippen molar-refractivity contribution in [2.45, 2.75) is 13.8 Å². The van der Waals surface area contributed by atoms with Gasteiger partial charge in [-0.3, -0.25) is 9.59 Å². The van der Waals surface area contributed by atoms with Crippen LogP contribution in [0.1, 0.15) is 13.8 Å². The van der Waals surface area contributed by atoms with Gasteiger partial charge in [-0.2, -0.15) is 0 Å². The molecule has 1 aromatic rings. The summed E-state index contributed by atoms with van der Waals surface area (Å²) in [4.78, 5) is 22.8. The number of rotatable bonds is 5. The van der Waals surface area contributed by atoms with Gasteiger partial charge in [-0.1, -0.05) is 5.57 Å². The maximum absolute atomic E-state index is 11.5. The molecule has 5 nitrogen and oxygen atoms in total. The van der Waals surface area contributed by atoms with Crippen LogP contribution < -0.4 is 10.6 Å². The molecule has 0 spiro atoms. The minimum Gasteiger partial charge on any atom is -0.375 e. The van der Waals surface area contributed by atoms with Crippen molar-refractivity contribution in [2.24, 2.45) is 0 Å². The van der Waals surface area contributed by atoms with Gasteiger partial charge in [-0.25, -0.2) is 0 Å². The topological polar surface area (TPSA) is 67.4 Å². The van der Waals surface area contributed by atoms with Gasteiger partial charge in [0.1, 0.15) is 6.61 Å². The Labute approximate surface area is 112 Å². The van der Waals surface area contributed by atoms with Gasteiger partial charge in [0.05, 0.1) is 0 Å². The molecule has 0 unspecified atom stereocenters. The predicted octanol–water partition coefficient (Wildman–Crippen LogP) is 2.18. The van der Waals surface area contributed by atoms with Crippen LogP contribution in [-0.2, 0) is 14.3 Å². The van der Waals surface area contributed by atoms with E-state index in [4.69, 9.17) is 4.74 Å². The highest BCUT2D eigenvalue weighted by Gasteiger charge is 2.02. The average Bonchev–Trinajstić information content (AvgIpc) is 2.31. The molecule has 0 atom stereocenters. The lowest BCUT2D eigenvalue weighted by Gasteiger charge is -2.06.